The van der Waals surface area contributed by atoms with Gasteiger partial charge in [0.2, 0.25) is 0 Å². The van der Waals surface area contributed by atoms with Gasteiger partial charge in [0, 0.05) is 10.8 Å². The normalized spacial score (nSPS) is 20.6. The van der Waals surface area contributed by atoms with Crippen LogP contribution in [-0.4, -0.2) is 10.1 Å². The third-order valence-corrected chi connectivity index (χ3v) is 4.97. The lowest BCUT2D eigenvalue weighted by Crippen LogP contribution is -2.24. The van der Waals surface area contributed by atoms with Crippen molar-refractivity contribution < 1.29 is 5.11 Å². The van der Waals surface area contributed by atoms with E-state index in [1.807, 2.05) is 5.38 Å². The number of nitriles is 1. The summed E-state index contributed by atoms with van der Waals surface area (Å²) in [5.74, 6) is 0. The molecule has 2 rings (SSSR count). The Hall–Kier alpha value is -0.920. The molecule has 0 saturated heterocycles. The highest BCUT2D eigenvalue weighted by molar-refractivity contribution is 7.09. The van der Waals surface area contributed by atoms with Crippen LogP contribution in [0, 0.1) is 16.7 Å². The quantitative estimate of drug-likeness (QED) is 0.888. The Bertz CT molecular complexity index is 461. The molecular formula is C14H20N2OS. The molecule has 18 heavy (non-hydrogen) atoms. The van der Waals surface area contributed by atoms with E-state index in [0.29, 0.717) is 5.69 Å². The largest absolute Gasteiger partial charge is 0.385 e. The van der Waals surface area contributed by atoms with E-state index in [1.165, 1.54) is 0 Å². The Morgan fingerprint density at radius 3 is 2.50 bits per heavy atom. The van der Waals surface area contributed by atoms with Gasteiger partial charge in [0.25, 0.3) is 0 Å². The summed E-state index contributed by atoms with van der Waals surface area (Å²) in [6.45, 7) is 6.33. The van der Waals surface area contributed by atoms with Crippen molar-refractivity contribution in [1.29, 1.82) is 5.26 Å². The predicted molar refractivity (Wildman–Crippen MR) is 72.3 cm³/mol. The summed E-state index contributed by atoms with van der Waals surface area (Å²) in [5.41, 5.74) is 0.0646. The van der Waals surface area contributed by atoms with E-state index in [2.05, 4.69) is 31.8 Å². The Labute approximate surface area is 112 Å². The van der Waals surface area contributed by atoms with Crippen molar-refractivity contribution in [2.24, 2.45) is 5.41 Å². The maximum absolute atomic E-state index is 10.5. The average molecular weight is 264 g/mol. The van der Waals surface area contributed by atoms with Crippen LogP contribution in [0.4, 0.5) is 0 Å². The lowest BCUT2D eigenvalue weighted by atomic mass is 9.80. The topological polar surface area (TPSA) is 56.9 Å². The lowest BCUT2D eigenvalue weighted by Gasteiger charge is -2.25. The van der Waals surface area contributed by atoms with Gasteiger partial charge >= 0.3 is 0 Å². The van der Waals surface area contributed by atoms with Gasteiger partial charge in [0.1, 0.15) is 6.10 Å². The number of hydrogen-bond donors (Lipinski definition) is 1. The van der Waals surface area contributed by atoms with E-state index in [1.54, 1.807) is 11.3 Å². The van der Waals surface area contributed by atoms with Gasteiger partial charge in [-0.15, -0.1) is 11.3 Å². The molecule has 4 heteroatoms. The molecule has 1 aromatic heterocycles. The molecule has 3 nitrogen and oxygen atoms in total. The summed E-state index contributed by atoms with van der Waals surface area (Å²) in [4.78, 5) is 4.54. The molecule has 1 unspecified atom stereocenters. The van der Waals surface area contributed by atoms with E-state index in [0.717, 1.165) is 30.7 Å². The van der Waals surface area contributed by atoms with Crippen LogP contribution in [0.3, 0.4) is 0 Å². The van der Waals surface area contributed by atoms with E-state index in [9.17, 15) is 10.4 Å². The fourth-order valence-electron chi connectivity index (χ4n) is 2.49. The molecule has 0 aliphatic heterocycles. The third kappa shape index (κ3) is 2.30. The molecule has 1 aliphatic rings. The molecule has 0 radical (unpaired) electrons. The van der Waals surface area contributed by atoms with Crippen molar-refractivity contribution in [3.8, 4) is 6.07 Å². The molecule has 1 heterocycles. The predicted octanol–water partition coefficient (Wildman–Crippen LogP) is 3.56. The number of rotatable bonds is 2. The summed E-state index contributed by atoms with van der Waals surface area (Å²) < 4.78 is 0. The van der Waals surface area contributed by atoms with E-state index in [4.69, 9.17) is 0 Å². The third-order valence-electron chi connectivity index (χ3n) is 3.69. The molecule has 1 atom stereocenters. The van der Waals surface area contributed by atoms with Crippen molar-refractivity contribution in [2.45, 2.75) is 58.0 Å². The zero-order valence-corrected chi connectivity index (χ0v) is 12.0. The number of thiazole rings is 1. The van der Waals surface area contributed by atoms with Crippen LogP contribution in [0.2, 0.25) is 0 Å². The Kier molecular flexibility index (Phi) is 3.48. The first-order valence-electron chi connectivity index (χ1n) is 6.44. The molecule has 0 aromatic carbocycles. The Balaban J connectivity index is 2.27. The van der Waals surface area contributed by atoms with Gasteiger partial charge in [-0.05, 0) is 12.8 Å². The smallest absolute Gasteiger partial charge is 0.115 e. The number of nitrogens with zero attached hydrogens (tertiary/aromatic N) is 2. The SMILES string of the molecule is CC(C)(C)c1nc(C(O)C2(C#N)CCCC2)cs1. The van der Waals surface area contributed by atoms with Crippen LogP contribution in [0.1, 0.15) is 63.3 Å². The van der Waals surface area contributed by atoms with Crippen molar-refractivity contribution in [1.82, 2.24) is 4.98 Å². The van der Waals surface area contributed by atoms with Gasteiger partial charge in [-0.25, -0.2) is 4.98 Å². The van der Waals surface area contributed by atoms with E-state index < -0.39 is 11.5 Å². The monoisotopic (exact) mass is 264 g/mol. The summed E-state index contributed by atoms with van der Waals surface area (Å²) in [5, 5.41) is 22.8. The van der Waals surface area contributed by atoms with Crippen LogP contribution < -0.4 is 0 Å². The molecule has 0 spiro atoms. The summed E-state index contributed by atoms with van der Waals surface area (Å²) in [7, 11) is 0. The van der Waals surface area contributed by atoms with Crippen molar-refractivity contribution in [2.75, 3.05) is 0 Å². The van der Waals surface area contributed by atoms with Crippen LogP contribution in [-0.2, 0) is 5.41 Å². The second kappa shape index (κ2) is 4.64. The van der Waals surface area contributed by atoms with Gasteiger partial charge < -0.3 is 5.11 Å². The molecule has 1 saturated carbocycles. The molecule has 1 N–H and O–H groups in total. The second-order valence-electron chi connectivity index (χ2n) is 6.21. The lowest BCUT2D eigenvalue weighted by molar-refractivity contribution is 0.0636. The molecule has 98 valence electrons. The Morgan fingerprint density at radius 1 is 1.44 bits per heavy atom. The van der Waals surface area contributed by atoms with Crippen LogP contribution in [0.25, 0.3) is 0 Å². The molecule has 0 bridgehead atoms. The Morgan fingerprint density at radius 2 is 2.06 bits per heavy atom. The summed E-state index contributed by atoms with van der Waals surface area (Å²) in [6, 6.07) is 2.34. The average Bonchev–Trinajstić information content (AvgIpc) is 2.97. The fourth-order valence-corrected chi connectivity index (χ4v) is 3.42. The number of aliphatic hydroxyl groups excluding tert-OH is 1. The zero-order chi connectivity index (χ0) is 13.4. The maximum Gasteiger partial charge on any atom is 0.115 e. The van der Waals surface area contributed by atoms with Gasteiger partial charge in [-0.2, -0.15) is 5.26 Å². The maximum atomic E-state index is 10.5. The first-order valence-corrected chi connectivity index (χ1v) is 7.32. The zero-order valence-electron chi connectivity index (χ0n) is 11.2. The van der Waals surface area contributed by atoms with Gasteiger partial charge in [0.15, 0.2) is 0 Å². The highest BCUT2D eigenvalue weighted by atomic mass is 32.1. The minimum Gasteiger partial charge on any atom is -0.385 e. The van der Waals surface area contributed by atoms with Crippen molar-refractivity contribution in [3.63, 3.8) is 0 Å². The number of hydrogen-bond acceptors (Lipinski definition) is 4. The number of aromatic nitrogens is 1. The van der Waals surface area contributed by atoms with E-state index >= 15 is 0 Å². The highest BCUT2D eigenvalue weighted by Crippen LogP contribution is 2.47. The summed E-state index contributed by atoms with van der Waals surface area (Å²) in [6.07, 6.45) is 2.89. The van der Waals surface area contributed by atoms with Crippen LogP contribution in [0.15, 0.2) is 5.38 Å². The minimum absolute atomic E-state index is 0.00187. The fraction of sp³-hybridized carbons (Fsp3) is 0.714. The summed E-state index contributed by atoms with van der Waals surface area (Å²) >= 11 is 1.57. The molecule has 1 aliphatic carbocycles. The minimum atomic E-state index is -0.739. The molecule has 1 aromatic rings. The highest BCUT2D eigenvalue weighted by Gasteiger charge is 2.43. The van der Waals surface area contributed by atoms with Crippen LogP contribution in [0.5, 0.6) is 0 Å². The van der Waals surface area contributed by atoms with Crippen molar-refractivity contribution in [3.05, 3.63) is 16.1 Å². The van der Waals surface area contributed by atoms with Crippen LogP contribution >= 0.6 is 11.3 Å². The second-order valence-corrected chi connectivity index (χ2v) is 7.06. The van der Waals surface area contributed by atoms with Gasteiger partial charge in [-0.1, -0.05) is 33.6 Å². The van der Waals surface area contributed by atoms with Gasteiger partial charge in [-0.3, -0.25) is 0 Å². The van der Waals surface area contributed by atoms with Crippen molar-refractivity contribution >= 4 is 11.3 Å². The molecule has 1 fully saturated rings. The first kappa shape index (κ1) is 13.5. The first-order chi connectivity index (χ1) is 8.39. The van der Waals surface area contributed by atoms with Gasteiger partial charge in [0.05, 0.1) is 22.2 Å². The van der Waals surface area contributed by atoms with E-state index in [-0.39, 0.29) is 5.41 Å². The molecule has 0 amide bonds. The number of aliphatic hydroxyl groups is 1. The standard InChI is InChI=1S/C14H20N2OS/c1-13(2,3)12-16-10(8-18-12)11(17)14(9-15)6-4-5-7-14/h8,11,17H,4-7H2,1-3H3. The molecular weight excluding hydrogens is 244 g/mol.